The SMILES string of the molecule is CC(CC(=O)O)CC(=O)NCCCS(C)(=O)=O. The van der Waals surface area contributed by atoms with E-state index in [4.69, 9.17) is 5.11 Å². The van der Waals surface area contributed by atoms with Crippen LogP contribution in [0.2, 0.25) is 0 Å². The van der Waals surface area contributed by atoms with Gasteiger partial charge in [0.1, 0.15) is 9.84 Å². The first-order valence-corrected chi connectivity index (χ1v) is 7.43. The summed E-state index contributed by atoms with van der Waals surface area (Å²) in [4.78, 5) is 21.7. The van der Waals surface area contributed by atoms with E-state index in [0.717, 1.165) is 6.26 Å². The molecule has 0 rings (SSSR count). The van der Waals surface area contributed by atoms with Crippen molar-refractivity contribution in [3.63, 3.8) is 0 Å². The average Bonchev–Trinajstić information content (AvgIpc) is 2.09. The molecule has 0 saturated carbocycles. The molecule has 0 aliphatic rings. The Balaban J connectivity index is 3.70. The van der Waals surface area contributed by atoms with Gasteiger partial charge in [-0.05, 0) is 12.3 Å². The minimum atomic E-state index is -2.99. The minimum absolute atomic E-state index is 0.0396. The fourth-order valence-corrected chi connectivity index (χ4v) is 1.99. The van der Waals surface area contributed by atoms with Gasteiger partial charge in [-0.2, -0.15) is 0 Å². The summed E-state index contributed by atoms with van der Waals surface area (Å²) in [5, 5.41) is 11.1. The summed E-state index contributed by atoms with van der Waals surface area (Å²) in [5.41, 5.74) is 0. The largest absolute Gasteiger partial charge is 0.481 e. The van der Waals surface area contributed by atoms with Gasteiger partial charge in [0.25, 0.3) is 0 Å². The molecule has 0 aliphatic carbocycles. The van der Waals surface area contributed by atoms with Crippen molar-refractivity contribution in [2.45, 2.75) is 26.2 Å². The highest BCUT2D eigenvalue weighted by Crippen LogP contribution is 2.06. The second-order valence-corrected chi connectivity index (χ2v) is 6.50. The van der Waals surface area contributed by atoms with Crippen LogP contribution >= 0.6 is 0 Å². The third kappa shape index (κ3) is 11.2. The van der Waals surface area contributed by atoms with Crippen LogP contribution in [0.4, 0.5) is 0 Å². The average molecular weight is 265 g/mol. The Hall–Kier alpha value is -1.11. The van der Waals surface area contributed by atoms with Crippen LogP contribution in [-0.2, 0) is 19.4 Å². The predicted octanol–water partition coefficient (Wildman–Crippen LogP) is 0.0382. The van der Waals surface area contributed by atoms with Crippen LogP contribution < -0.4 is 5.32 Å². The van der Waals surface area contributed by atoms with Crippen molar-refractivity contribution >= 4 is 21.7 Å². The van der Waals surface area contributed by atoms with Crippen molar-refractivity contribution in [3.05, 3.63) is 0 Å². The highest BCUT2D eigenvalue weighted by Gasteiger charge is 2.12. The zero-order valence-corrected chi connectivity index (χ0v) is 10.9. The van der Waals surface area contributed by atoms with Crippen molar-refractivity contribution in [3.8, 4) is 0 Å². The summed E-state index contributed by atoms with van der Waals surface area (Å²) in [6, 6.07) is 0. The molecule has 0 aromatic rings. The quantitative estimate of drug-likeness (QED) is 0.603. The van der Waals surface area contributed by atoms with E-state index in [9.17, 15) is 18.0 Å². The number of hydrogen-bond donors (Lipinski definition) is 2. The number of carboxylic acid groups (broad SMARTS) is 1. The standard InChI is InChI=1S/C10H19NO5S/c1-8(7-10(13)14)6-9(12)11-4-3-5-17(2,15)16/h8H,3-7H2,1-2H3,(H,11,12)(H,13,14). The van der Waals surface area contributed by atoms with E-state index >= 15 is 0 Å². The summed E-state index contributed by atoms with van der Waals surface area (Å²) in [6.45, 7) is 1.98. The van der Waals surface area contributed by atoms with E-state index in [0.29, 0.717) is 13.0 Å². The molecule has 100 valence electrons. The normalized spacial score (nSPS) is 13.1. The molecule has 0 saturated heterocycles. The molecule has 0 fully saturated rings. The maximum Gasteiger partial charge on any atom is 0.303 e. The third-order valence-corrected chi connectivity index (χ3v) is 3.10. The highest BCUT2D eigenvalue weighted by atomic mass is 32.2. The lowest BCUT2D eigenvalue weighted by Gasteiger charge is -2.09. The lowest BCUT2D eigenvalue weighted by Crippen LogP contribution is -2.27. The first kappa shape index (κ1) is 15.9. The molecular formula is C10H19NO5S. The molecule has 1 unspecified atom stereocenters. The molecule has 1 amide bonds. The molecule has 0 bridgehead atoms. The Morgan fingerprint density at radius 2 is 1.88 bits per heavy atom. The Kier molecular flexibility index (Phi) is 6.79. The number of hydrogen-bond acceptors (Lipinski definition) is 4. The van der Waals surface area contributed by atoms with Gasteiger partial charge in [-0.25, -0.2) is 8.42 Å². The number of rotatable bonds is 8. The number of aliphatic carboxylic acids is 1. The van der Waals surface area contributed by atoms with Gasteiger partial charge < -0.3 is 10.4 Å². The molecule has 6 nitrogen and oxygen atoms in total. The van der Waals surface area contributed by atoms with Crippen LogP contribution in [0.3, 0.4) is 0 Å². The highest BCUT2D eigenvalue weighted by molar-refractivity contribution is 7.90. The Morgan fingerprint density at radius 3 is 2.35 bits per heavy atom. The van der Waals surface area contributed by atoms with Crippen molar-refractivity contribution in [1.82, 2.24) is 5.32 Å². The van der Waals surface area contributed by atoms with Crippen LogP contribution in [-0.4, -0.2) is 44.0 Å². The number of carboxylic acids is 1. The third-order valence-electron chi connectivity index (χ3n) is 2.07. The van der Waals surface area contributed by atoms with Gasteiger partial charge in [0, 0.05) is 25.6 Å². The van der Waals surface area contributed by atoms with Gasteiger partial charge in [0.05, 0.1) is 5.75 Å². The molecule has 0 aromatic heterocycles. The van der Waals surface area contributed by atoms with E-state index in [-0.39, 0.29) is 30.4 Å². The molecule has 0 spiro atoms. The molecule has 1 atom stereocenters. The Bertz CT molecular complexity index is 363. The summed E-state index contributed by atoms with van der Waals surface area (Å²) < 4.78 is 21.6. The Labute approximate surface area is 101 Å². The molecular weight excluding hydrogens is 246 g/mol. The first-order chi connectivity index (χ1) is 7.70. The fourth-order valence-electron chi connectivity index (χ4n) is 1.32. The van der Waals surface area contributed by atoms with Crippen LogP contribution in [0.15, 0.2) is 0 Å². The topological polar surface area (TPSA) is 101 Å². The number of carbonyl (C=O) groups is 2. The second-order valence-electron chi connectivity index (χ2n) is 4.24. The molecule has 0 aliphatic heterocycles. The molecule has 17 heavy (non-hydrogen) atoms. The van der Waals surface area contributed by atoms with Crippen molar-refractivity contribution < 1.29 is 23.1 Å². The summed E-state index contributed by atoms with van der Waals surface area (Å²) >= 11 is 0. The summed E-state index contributed by atoms with van der Waals surface area (Å²) in [7, 11) is -2.99. The van der Waals surface area contributed by atoms with Crippen LogP contribution in [0.25, 0.3) is 0 Å². The summed E-state index contributed by atoms with van der Waals surface area (Å²) in [5.74, 6) is -1.35. The van der Waals surface area contributed by atoms with Gasteiger partial charge in [-0.1, -0.05) is 6.92 Å². The van der Waals surface area contributed by atoms with Crippen molar-refractivity contribution in [2.75, 3.05) is 18.6 Å². The van der Waals surface area contributed by atoms with E-state index in [2.05, 4.69) is 5.32 Å². The zero-order chi connectivity index (χ0) is 13.5. The monoisotopic (exact) mass is 265 g/mol. The fraction of sp³-hybridized carbons (Fsp3) is 0.800. The maximum absolute atomic E-state index is 11.3. The predicted molar refractivity (Wildman–Crippen MR) is 63.4 cm³/mol. The minimum Gasteiger partial charge on any atom is -0.481 e. The number of amides is 1. The van der Waals surface area contributed by atoms with Crippen LogP contribution in [0.1, 0.15) is 26.2 Å². The van der Waals surface area contributed by atoms with Gasteiger partial charge in [-0.15, -0.1) is 0 Å². The molecule has 0 heterocycles. The molecule has 0 radical (unpaired) electrons. The van der Waals surface area contributed by atoms with Gasteiger partial charge >= 0.3 is 5.97 Å². The van der Waals surface area contributed by atoms with E-state index in [1.165, 1.54) is 0 Å². The number of sulfone groups is 1. The van der Waals surface area contributed by atoms with Gasteiger partial charge in [0.15, 0.2) is 0 Å². The molecule has 0 aromatic carbocycles. The Morgan fingerprint density at radius 1 is 1.29 bits per heavy atom. The van der Waals surface area contributed by atoms with E-state index in [1.807, 2.05) is 0 Å². The number of nitrogens with one attached hydrogen (secondary N) is 1. The van der Waals surface area contributed by atoms with Gasteiger partial charge in [0.2, 0.25) is 5.91 Å². The van der Waals surface area contributed by atoms with E-state index in [1.54, 1.807) is 6.92 Å². The van der Waals surface area contributed by atoms with Gasteiger partial charge in [-0.3, -0.25) is 9.59 Å². The maximum atomic E-state index is 11.3. The smallest absolute Gasteiger partial charge is 0.303 e. The zero-order valence-electron chi connectivity index (χ0n) is 10.1. The van der Waals surface area contributed by atoms with Crippen LogP contribution in [0.5, 0.6) is 0 Å². The van der Waals surface area contributed by atoms with Crippen LogP contribution in [0, 0.1) is 5.92 Å². The lowest BCUT2D eigenvalue weighted by molar-refractivity contribution is -0.138. The second kappa shape index (κ2) is 7.26. The van der Waals surface area contributed by atoms with E-state index < -0.39 is 15.8 Å². The number of carbonyl (C=O) groups excluding carboxylic acids is 1. The first-order valence-electron chi connectivity index (χ1n) is 5.37. The van der Waals surface area contributed by atoms with Crippen molar-refractivity contribution in [1.29, 1.82) is 0 Å². The van der Waals surface area contributed by atoms with Crippen molar-refractivity contribution in [2.24, 2.45) is 5.92 Å². The summed E-state index contributed by atoms with van der Waals surface area (Å²) in [6.07, 6.45) is 1.61. The molecule has 7 heteroatoms. The molecule has 2 N–H and O–H groups in total. The lowest BCUT2D eigenvalue weighted by atomic mass is 10.0.